The molecular formula is C30H23FN2O4. The number of rotatable bonds is 3. The van der Waals surface area contributed by atoms with Crippen molar-refractivity contribution in [3.05, 3.63) is 111 Å². The average molecular weight is 495 g/mol. The maximum absolute atomic E-state index is 13.4. The van der Waals surface area contributed by atoms with E-state index in [0.717, 1.165) is 27.9 Å². The molecule has 0 N–H and O–H groups in total. The summed E-state index contributed by atoms with van der Waals surface area (Å²) in [5, 5.41) is 4.73. The Bertz CT molecular complexity index is 1720. The SMILES string of the molecule is Cc1cc(C)c2oc(-c3ccc(C(=O)N4CCc5noc(-c6ccc(F)cc6)c5C4)cc3)cc(=O)c2c1. The fraction of sp³-hybridized carbons (Fsp3) is 0.167. The molecule has 0 saturated heterocycles. The van der Waals surface area contributed by atoms with Crippen molar-refractivity contribution in [1.82, 2.24) is 10.1 Å². The number of amides is 1. The molecule has 7 heteroatoms. The van der Waals surface area contributed by atoms with Crippen molar-refractivity contribution >= 4 is 16.9 Å². The second-order valence-corrected chi connectivity index (χ2v) is 9.43. The van der Waals surface area contributed by atoms with Gasteiger partial charge in [-0.1, -0.05) is 23.4 Å². The lowest BCUT2D eigenvalue weighted by atomic mass is 10.0. The standard InChI is InChI=1S/C30H23FN2O4/c1-17-13-18(2)28-23(14-17)26(34)15-27(36-28)19-3-5-21(6-4-19)30(35)33-12-11-25-24(16-33)29(37-32-25)20-7-9-22(31)10-8-20/h3-10,13-15H,11-12,16H2,1-2H3. The zero-order valence-corrected chi connectivity index (χ0v) is 20.4. The maximum Gasteiger partial charge on any atom is 0.254 e. The molecule has 0 saturated carbocycles. The first-order valence-corrected chi connectivity index (χ1v) is 12.1. The minimum Gasteiger partial charge on any atom is -0.456 e. The van der Waals surface area contributed by atoms with Crippen molar-refractivity contribution in [3.63, 3.8) is 0 Å². The van der Waals surface area contributed by atoms with Gasteiger partial charge in [-0.25, -0.2) is 4.39 Å². The van der Waals surface area contributed by atoms with Crippen molar-refractivity contribution in [2.75, 3.05) is 6.54 Å². The Morgan fingerprint density at radius 3 is 2.46 bits per heavy atom. The van der Waals surface area contributed by atoms with Crippen LogP contribution in [0.3, 0.4) is 0 Å². The molecule has 0 fully saturated rings. The summed E-state index contributed by atoms with van der Waals surface area (Å²) in [6.07, 6.45) is 0.574. The number of aryl methyl sites for hydroxylation is 2. The summed E-state index contributed by atoms with van der Waals surface area (Å²) < 4.78 is 25.0. The highest BCUT2D eigenvalue weighted by Crippen LogP contribution is 2.31. The number of hydrogen-bond acceptors (Lipinski definition) is 5. The number of aromatic nitrogens is 1. The minimum absolute atomic E-state index is 0.0991. The Hall–Kier alpha value is -4.52. The highest BCUT2D eigenvalue weighted by atomic mass is 19.1. The number of carbonyl (C=O) groups excluding carboxylic acids is 1. The molecule has 0 radical (unpaired) electrons. The van der Waals surface area contributed by atoms with E-state index in [0.29, 0.717) is 53.1 Å². The van der Waals surface area contributed by atoms with Crippen LogP contribution in [-0.2, 0) is 13.0 Å². The second-order valence-electron chi connectivity index (χ2n) is 9.43. The summed E-state index contributed by atoms with van der Waals surface area (Å²) >= 11 is 0. The summed E-state index contributed by atoms with van der Waals surface area (Å²) in [7, 11) is 0. The molecule has 0 atom stereocenters. The molecule has 0 aliphatic carbocycles. The molecular weight excluding hydrogens is 471 g/mol. The van der Waals surface area contributed by atoms with Crippen molar-refractivity contribution in [1.29, 1.82) is 0 Å². The van der Waals surface area contributed by atoms with Crippen molar-refractivity contribution in [3.8, 4) is 22.6 Å². The Kier molecular flexibility index (Phi) is 5.48. The van der Waals surface area contributed by atoms with Crippen LogP contribution >= 0.6 is 0 Å². The summed E-state index contributed by atoms with van der Waals surface area (Å²) in [5.74, 6) is 0.569. The lowest BCUT2D eigenvalue weighted by molar-refractivity contribution is 0.0734. The Balaban J connectivity index is 1.26. The summed E-state index contributed by atoms with van der Waals surface area (Å²) in [6.45, 7) is 4.74. The monoisotopic (exact) mass is 494 g/mol. The van der Waals surface area contributed by atoms with Crippen LogP contribution in [0.4, 0.5) is 4.39 Å². The third-order valence-electron chi connectivity index (χ3n) is 6.81. The number of fused-ring (bicyclic) bond motifs is 2. The fourth-order valence-corrected chi connectivity index (χ4v) is 4.92. The van der Waals surface area contributed by atoms with Crippen LogP contribution in [-0.4, -0.2) is 22.5 Å². The Morgan fingerprint density at radius 2 is 1.70 bits per heavy atom. The van der Waals surface area contributed by atoms with E-state index < -0.39 is 0 Å². The van der Waals surface area contributed by atoms with Gasteiger partial charge in [-0.05, 0) is 67.4 Å². The molecule has 0 spiro atoms. The first kappa shape index (κ1) is 22.9. The number of benzene rings is 3. The predicted octanol–water partition coefficient (Wildman–Crippen LogP) is 6.07. The molecule has 0 bridgehead atoms. The van der Waals surface area contributed by atoms with Crippen LogP contribution in [0.5, 0.6) is 0 Å². The van der Waals surface area contributed by atoms with Gasteiger partial charge in [0.05, 0.1) is 17.6 Å². The molecule has 1 aliphatic rings. The van der Waals surface area contributed by atoms with E-state index in [-0.39, 0.29) is 17.2 Å². The number of nitrogens with zero attached hydrogens (tertiary/aromatic N) is 2. The van der Waals surface area contributed by atoms with Crippen LogP contribution in [0, 0.1) is 19.7 Å². The number of carbonyl (C=O) groups is 1. The van der Waals surface area contributed by atoms with Crippen molar-refractivity contribution in [2.45, 2.75) is 26.8 Å². The van der Waals surface area contributed by atoms with Gasteiger partial charge < -0.3 is 13.8 Å². The third-order valence-corrected chi connectivity index (χ3v) is 6.81. The van der Waals surface area contributed by atoms with Gasteiger partial charge in [0, 0.05) is 41.3 Å². The molecule has 0 unspecified atom stereocenters. The van der Waals surface area contributed by atoms with Gasteiger partial charge in [-0.3, -0.25) is 9.59 Å². The highest BCUT2D eigenvalue weighted by Gasteiger charge is 2.28. The second kappa shape index (κ2) is 8.85. The first-order chi connectivity index (χ1) is 17.9. The molecule has 37 heavy (non-hydrogen) atoms. The number of halogens is 1. The van der Waals surface area contributed by atoms with E-state index in [2.05, 4.69) is 5.16 Å². The third kappa shape index (κ3) is 4.12. The van der Waals surface area contributed by atoms with Crippen LogP contribution in [0.2, 0.25) is 0 Å². The lowest BCUT2D eigenvalue weighted by Gasteiger charge is -2.26. The molecule has 1 amide bonds. The van der Waals surface area contributed by atoms with E-state index in [1.807, 2.05) is 26.0 Å². The van der Waals surface area contributed by atoms with E-state index in [9.17, 15) is 14.0 Å². The lowest BCUT2D eigenvalue weighted by Crippen LogP contribution is -2.35. The van der Waals surface area contributed by atoms with E-state index >= 15 is 0 Å². The molecule has 3 heterocycles. The largest absolute Gasteiger partial charge is 0.456 e. The van der Waals surface area contributed by atoms with Gasteiger partial charge in [0.2, 0.25) is 0 Å². The van der Waals surface area contributed by atoms with Crippen molar-refractivity contribution in [2.24, 2.45) is 0 Å². The quantitative estimate of drug-likeness (QED) is 0.304. The Morgan fingerprint density at radius 1 is 0.973 bits per heavy atom. The molecule has 184 valence electrons. The van der Waals surface area contributed by atoms with Gasteiger partial charge in [-0.2, -0.15) is 0 Å². The minimum atomic E-state index is -0.328. The van der Waals surface area contributed by atoms with E-state index in [1.165, 1.54) is 18.2 Å². The van der Waals surface area contributed by atoms with Crippen LogP contribution in [0.15, 0.2) is 80.5 Å². The molecule has 1 aliphatic heterocycles. The fourth-order valence-electron chi connectivity index (χ4n) is 4.92. The maximum atomic E-state index is 13.4. The first-order valence-electron chi connectivity index (χ1n) is 12.1. The van der Waals surface area contributed by atoms with Crippen molar-refractivity contribution < 1.29 is 18.1 Å². The average Bonchev–Trinajstić information content (AvgIpc) is 3.32. The predicted molar refractivity (Wildman–Crippen MR) is 138 cm³/mol. The summed E-state index contributed by atoms with van der Waals surface area (Å²) in [5.41, 5.74) is 6.00. The van der Waals surface area contributed by atoms with Gasteiger partial charge in [0.25, 0.3) is 5.91 Å². The van der Waals surface area contributed by atoms with Crippen LogP contribution in [0.25, 0.3) is 33.6 Å². The molecule has 6 rings (SSSR count). The van der Waals surface area contributed by atoms with Crippen LogP contribution < -0.4 is 5.43 Å². The topological polar surface area (TPSA) is 76.6 Å². The number of hydrogen-bond donors (Lipinski definition) is 0. The smallest absolute Gasteiger partial charge is 0.254 e. The molecule has 2 aromatic heterocycles. The van der Waals surface area contributed by atoms with Gasteiger partial charge in [0.1, 0.15) is 17.2 Å². The van der Waals surface area contributed by atoms with E-state index in [4.69, 9.17) is 8.94 Å². The van der Waals surface area contributed by atoms with Gasteiger partial charge in [0.15, 0.2) is 11.2 Å². The molecule has 6 nitrogen and oxygen atoms in total. The molecule has 5 aromatic rings. The van der Waals surface area contributed by atoms with Crippen LogP contribution in [0.1, 0.15) is 32.7 Å². The van der Waals surface area contributed by atoms with Gasteiger partial charge >= 0.3 is 0 Å². The zero-order chi connectivity index (χ0) is 25.7. The zero-order valence-electron chi connectivity index (χ0n) is 20.4. The van der Waals surface area contributed by atoms with Gasteiger partial charge in [-0.15, -0.1) is 0 Å². The Labute approximate surface area is 211 Å². The van der Waals surface area contributed by atoms with E-state index in [1.54, 1.807) is 41.3 Å². The summed E-state index contributed by atoms with van der Waals surface area (Å²) in [4.78, 5) is 27.8. The highest BCUT2D eigenvalue weighted by molar-refractivity contribution is 5.95. The normalized spacial score (nSPS) is 13.1. The molecule has 3 aromatic carbocycles. The summed E-state index contributed by atoms with van der Waals surface area (Å²) in [6, 6.07) is 18.4.